The first-order valence-electron chi connectivity index (χ1n) is 5.87. The molecule has 0 aliphatic carbocycles. The van der Waals surface area contributed by atoms with Gasteiger partial charge in [-0.3, -0.25) is 4.98 Å². The van der Waals surface area contributed by atoms with Gasteiger partial charge >= 0.3 is 0 Å². The third-order valence-electron chi connectivity index (χ3n) is 2.78. The number of aromatic nitrogens is 2. The van der Waals surface area contributed by atoms with Crippen molar-refractivity contribution in [3.63, 3.8) is 0 Å². The summed E-state index contributed by atoms with van der Waals surface area (Å²) in [7, 11) is 0. The van der Waals surface area contributed by atoms with Crippen LogP contribution in [0.2, 0.25) is 0 Å². The summed E-state index contributed by atoms with van der Waals surface area (Å²) < 4.78 is 6.72. The number of rotatable bonds is 2. The molecule has 3 nitrogen and oxygen atoms in total. The first-order valence-corrected chi connectivity index (χ1v) is 6.66. The van der Waals surface area contributed by atoms with E-state index >= 15 is 0 Å². The van der Waals surface area contributed by atoms with Gasteiger partial charge in [-0.2, -0.15) is 0 Å². The molecule has 0 N–H and O–H groups in total. The molecular weight excluding hydrogens is 304 g/mol. The predicted octanol–water partition coefficient (Wildman–Crippen LogP) is 4.49. The van der Waals surface area contributed by atoms with Gasteiger partial charge in [0.1, 0.15) is 5.75 Å². The first kappa shape index (κ1) is 12.1. The fraction of sp³-hybridized carbons (Fsp3) is 0.0667. The van der Waals surface area contributed by atoms with Crippen molar-refractivity contribution in [1.82, 2.24) is 9.97 Å². The molecular formula is C15H11BrN2O. The van der Waals surface area contributed by atoms with E-state index in [1.807, 2.05) is 43.3 Å². The Morgan fingerprint density at radius 1 is 1.05 bits per heavy atom. The Morgan fingerprint density at radius 2 is 1.89 bits per heavy atom. The van der Waals surface area contributed by atoms with Crippen molar-refractivity contribution in [3.8, 4) is 11.6 Å². The highest BCUT2D eigenvalue weighted by atomic mass is 79.9. The number of hydrogen-bond acceptors (Lipinski definition) is 3. The van der Waals surface area contributed by atoms with Crippen LogP contribution >= 0.6 is 15.9 Å². The van der Waals surface area contributed by atoms with E-state index in [4.69, 9.17) is 4.74 Å². The Labute approximate surface area is 119 Å². The summed E-state index contributed by atoms with van der Waals surface area (Å²) in [5.74, 6) is 1.29. The highest BCUT2D eigenvalue weighted by Crippen LogP contribution is 2.26. The van der Waals surface area contributed by atoms with Crippen LogP contribution in [0.5, 0.6) is 11.6 Å². The predicted molar refractivity (Wildman–Crippen MR) is 78.5 cm³/mol. The van der Waals surface area contributed by atoms with Crippen molar-refractivity contribution >= 4 is 26.8 Å². The van der Waals surface area contributed by atoms with E-state index in [0.717, 1.165) is 20.9 Å². The van der Waals surface area contributed by atoms with Crippen molar-refractivity contribution in [3.05, 3.63) is 58.8 Å². The average Bonchev–Trinajstić information content (AvgIpc) is 2.42. The lowest BCUT2D eigenvalue weighted by Gasteiger charge is -2.08. The second-order valence-corrected chi connectivity index (χ2v) is 5.16. The van der Waals surface area contributed by atoms with Crippen LogP contribution in [-0.4, -0.2) is 9.97 Å². The Kier molecular flexibility index (Phi) is 3.17. The maximum Gasteiger partial charge on any atom is 0.222 e. The number of aryl methyl sites for hydroxylation is 1. The normalized spacial score (nSPS) is 10.6. The summed E-state index contributed by atoms with van der Waals surface area (Å²) in [5, 5.41) is 1.05. The molecule has 3 rings (SSSR count). The maximum absolute atomic E-state index is 5.78. The van der Waals surface area contributed by atoms with E-state index in [2.05, 4.69) is 25.9 Å². The second-order valence-electron chi connectivity index (χ2n) is 4.24. The molecule has 1 aromatic carbocycles. The van der Waals surface area contributed by atoms with Crippen LogP contribution in [-0.2, 0) is 0 Å². The van der Waals surface area contributed by atoms with Crippen LogP contribution in [0.3, 0.4) is 0 Å². The third-order valence-corrected chi connectivity index (χ3v) is 3.21. The molecule has 0 spiro atoms. The summed E-state index contributed by atoms with van der Waals surface area (Å²) in [6.45, 7) is 1.96. The Morgan fingerprint density at radius 3 is 2.74 bits per heavy atom. The average molecular weight is 315 g/mol. The van der Waals surface area contributed by atoms with Gasteiger partial charge in [-0.15, -0.1) is 0 Å². The summed E-state index contributed by atoms with van der Waals surface area (Å²) in [6, 6.07) is 11.9. The van der Waals surface area contributed by atoms with Gasteiger partial charge in [0.15, 0.2) is 0 Å². The van der Waals surface area contributed by atoms with Gasteiger partial charge in [-0.1, -0.05) is 18.2 Å². The molecule has 0 amide bonds. The molecule has 0 fully saturated rings. The van der Waals surface area contributed by atoms with Gasteiger partial charge in [0.25, 0.3) is 0 Å². The van der Waals surface area contributed by atoms with Crippen LogP contribution < -0.4 is 4.74 Å². The van der Waals surface area contributed by atoms with Crippen LogP contribution in [0, 0.1) is 6.92 Å². The van der Waals surface area contributed by atoms with Crippen molar-refractivity contribution in [1.29, 1.82) is 0 Å². The van der Waals surface area contributed by atoms with E-state index in [0.29, 0.717) is 11.6 Å². The van der Waals surface area contributed by atoms with E-state index in [1.54, 1.807) is 12.4 Å². The number of para-hydroxylation sites is 1. The van der Waals surface area contributed by atoms with Crippen molar-refractivity contribution in [2.75, 3.05) is 0 Å². The van der Waals surface area contributed by atoms with Crippen LogP contribution in [0.4, 0.5) is 0 Å². The summed E-state index contributed by atoms with van der Waals surface area (Å²) >= 11 is 3.38. The molecule has 0 atom stereocenters. The van der Waals surface area contributed by atoms with E-state index in [-0.39, 0.29) is 0 Å². The molecule has 19 heavy (non-hydrogen) atoms. The summed E-state index contributed by atoms with van der Waals surface area (Å²) in [6.07, 6.45) is 3.43. The number of pyridine rings is 2. The molecule has 0 radical (unpaired) electrons. The largest absolute Gasteiger partial charge is 0.437 e. The third kappa shape index (κ3) is 2.58. The molecule has 0 aliphatic rings. The van der Waals surface area contributed by atoms with Crippen LogP contribution in [0.1, 0.15) is 5.56 Å². The number of hydrogen-bond donors (Lipinski definition) is 0. The number of fused-ring (bicyclic) bond motifs is 1. The molecule has 0 unspecified atom stereocenters. The first-order chi connectivity index (χ1) is 9.22. The lowest BCUT2D eigenvalue weighted by atomic mass is 10.2. The fourth-order valence-corrected chi connectivity index (χ4v) is 2.30. The van der Waals surface area contributed by atoms with Gasteiger partial charge in [-0.05, 0) is 41.1 Å². The molecule has 0 bridgehead atoms. The highest BCUT2D eigenvalue weighted by Gasteiger charge is 2.05. The fourth-order valence-electron chi connectivity index (χ4n) is 1.85. The maximum atomic E-state index is 5.78. The van der Waals surface area contributed by atoms with E-state index in [9.17, 15) is 0 Å². The lowest BCUT2D eigenvalue weighted by molar-refractivity contribution is 0.457. The van der Waals surface area contributed by atoms with E-state index < -0.39 is 0 Å². The molecule has 2 heterocycles. The highest BCUT2D eigenvalue weighted by molar-refractivity contribution is 9.10. The molecule has 3 aromatic rings. The smallest absolute Gasteiger partial charge is 0.222 e. The van der Waals surface area contributed by atoms with Gasteiger partial charge in [0.2, 0.25) is 5.88 Å². The monoisotopic (exact) mass is 314 g/mol. The van der Waals surface area contributed by atoms with E-state index in [1.165, 1.54) is 0 Å². The minimum absolute atomic E-state index is 0.597. The number of ether oxygens (including phenoxy) is 1. The Bertz CT molecular complexity index is 743. The second kappa shape index (κ2) is 4.97. The van der Waals surface area contributed by atoms with Gasteiger partial charge in [0.05, 0.1) is 11.7 Å². The number of nitrogens with zero attached hydrogens (tertiary/aromatic N) is 2. The molecule has 0 aliphatic heterocycles. The number of benzene rings is 1. The van der Waals surface area contributed by atoms with Gasteiger partial charge in [0, 0.05) is 21.6 Å². The zero-order valence-electron chi connectivity index (χ0n) is 10.3. The minimum Gasteiger partial charge on any atom is -0.437 e. The summed E-state index contributed by atoms with van der Waals surface area (Å²) in [5.41, 5.74) is 1.93. The van der Waals surface area contributed by atoms with Crippen LogP contribution in [0.15, 0.2) is 53.3 Å². The quantitative estimate of drug-likeness (QED) is 0.699. The molecule has 4 heteroatoms. The van der Waals surface area contributed by atoms with Crippen LogP contribution in [0.25, 0.3) is 10.9 Å². The van der Waals surface area contributed by atoms with Gasteiger partial charge < -0.3 is 4.74 Å². The Hall–Kier alpha value is -1.94. The standard InChI is InChI=1S/C15H11BrN2O/c1-10-6-12(16)8-18-15(10)19-13-7-11-4-2-3-5-14(11)17-9-13/h2-9H,1H3. The molecule has 94 valence electrons. The lowest BCUT2D eigenvalue weighted by Crippen LogP contribution is -1.92. The number of halogens is 1. The van der Waals surface area contributed by atoms with Crippen molar-refractivity contribution in [2.24, 2.45) is 0 Å². The molecule has 0 saturated heterocycles. The molecule has 2 aromatic heterocycles. The Balaban J connectivity index is 1.96. The van der Waals surface area contributed by atoms with Crippen molar-refractivity contribution in [2.45, 2.75) is 6.92 Å². The zero-order chi connectivity index (χ0) is 13.2. The topological polar surface area (TPSA) is 35.0 Å². The summed E-state index contributed by atoms with van der Waals surface area (Å²) in [4.78, 5) is 8.62. The minimum atomic E-state index is 0.597. The zero-order valence-corrected chi connectivity index (χ0v) is 11.9. The molecule has 0 saturated carbocycles. The van der Waals surface area contributed by atoms with Crippen molar-refractivity contribution < 1.29 is 4.74 Å². The van der Waals surface area contributed by atoms with Gasteiger partial charge in [-0.25, -0.2) is 4.98 Å². The SMILES string of the molecule is Cc1cc(Br)cnc1Oc1cnc2ccccc2c1.